The zero-order valence-corrected chi connectivity index (χ0v) is 27.4. The number of ether oxygens (including phenoxy) is 4. The third kappa shape index (κ3) is 5.90. The summed E-state index contributed by atoms with van der Waals surface area (Å²) in [6.45, 7) is 7.80. The number of carbonyl (C=O) groups excluding carboxylic acids is 2. The molecule has 3 aromatic heterocycles. The van der Waals surface area contributed by atoms with E-state index in [1.807, 2.05) is 39.0 Å². The van der Waals surface area contributed by atoms with Crippen molar-refractivity contribution in [2.24, 2.45) is 0 Å². The van der Waals surface area contributed by atoms with E-state index < -0.39 is 5.60 Å². The largest absolute Gasteiger partial charge is 0.494 e. The lowest BCUT2D eigenvalue weighted by atomic mass is 9.96. The van der Waals surface area contributed by atoms with Crippen molar-refractivity contribution in [3.63, 3.8) is 0 Å². The van der Waals surface area contributed by atoms with E-state index in [2.05, 4.69) is 16.0 Å². The fraction of sp³-hybridized carbons (Fsp3) is 0.417. The number of carbonyl (C=O) groups is 2. The minimum atomic E-state index is -0.581. The number of aromatic nitrogens is 2. The van der Waals surface area contributed by atoms with Gasteiger partial charge in [0.05, 0.1) is 43.5 Å². The monoisotopic (exact) mass is 651 g/mol. The lowest BCUT2D eigenvalue weighted by Gasteiger charge is -2.46. The lowest BCUT2D eigenvalue weighted by molar-refractivity contribution is -0.00678. The van der Waals surface area contributed by atoms with Crippen LogP contribution < -0.4 is 9.47 Å². The molecule has 6 heterocycles. The number of hydrogen-bond donors (Lipinski definition) is 0. The molecular formula is C36H37N5O7. The van der Waals surface area contributed by atoms with Crippen molar-refractivity contribution >= 4 is 23.1 Å². The third-order valence-corrected chi connectivity index (χ3v) is 9.02. The number of hydrogen-bond acceptors (Lipinski definition) is 10. The van der Waals surface area contributed by atoms with Crippen LogP contribution in [0.15, 0.2) is 53.2 Å². The van der Waals surface area contributed by atoms with Gasteiger partial charge in [0.1, 0.15) is 40.5 Å². The summed E-state index contributed by atoms with van der Waals surface area (Å²) >= 11 is 0. The average Bonchev–Trinajstić information content (AvgIpc) is 3.65. The van der Waals surface area contributed by atoms with E-state index in [1.165, 1.54) is 13.3 Å². The fourth-order valence-corrected chi connectivity index (χ4v) is 6.61. The maximum atomic E-state index is 13.5. The molecule has 2 amide bonds. The van der Waals surface area contributed by atoms with Crippen LogP contribution >= 0.6 is 0 Å². The Balaban J connectivity index is 1.11. The van der Waals surface area contributed by atoms with Crippen LogP contribution in [0.5, 0.6) is 11.5 Å². The molecule has 0 spiro atoms. The Bertz CT molecular complexity index is 1920. The minimum absolute atomic E-state index is 0.0150. The number of methoxy groups -OCH3 is 1. The molecule has 1 aromatic carbocycles. The molecule has 0 saturated carbocycles. The van der Waals surface area contributed by atoms with Gasteiger partial charge >= 0.3 is 6.09 Å². The highest BCUT2D eigenvalue weighted by atomic mass is 16.6. The van der Waals surface area contributed by atoms with E-state index in [1.54, 1.807) is 34.2 Å². The van der Waals surface area contributed by atoms with E-state index in [-0.39, 0.29) is 30.2 Å². The van der Waals surface area contributed by atoms with Crippen molar-refractivity contribution in [3.05, 3.63) is 59.9 Å². The number of rotatable bonds is 6. The number of nitrogens with zero attached hydrogens (tertiary/aromatic N) is 5. The average molecular weight is 652 g/mol. The van der Waals surface area contributed by atoms with Gasteiger partial charge in [-0.2, -0.15) is 5.26 Å². The van der Waals surface area contributed by atoms with Gasteiger partial charge in [-0.25, -0.2) is 9.78 Å². The molecule has 0 N–H and O–H groups in total. The van der Waals surface area contributed by atoms with Crippen LogP contribution in [0, 0.1) is 11.3 Å². The molecule has 0 bridgehead atoms. The SMILES string of the molecule is COc1cc(C(=O)N2CC3C2CCN3C(=O)OC(C)(C)C)cnc1-c1cc2nccc(-c3ccc(OC4CCOCC4)c(C#N)c3)c2o1. The van der Waals surface area contributed by atoms with Gasteiger partial charge in [0.2, 0.25) is 0 Å². The van der Waals surface area contributed by atoms with Crippen molar-refractivity contribution in [1.29, 1.82) is 5.26 Å². The normalized spacial score (nSPS) is 19.4. The van der Waals surface area contributed by atoms with E-state index in [4.69, 9.17) is 23.4 Å². The summed E-state index contributed by atoms with van der Waals surface area (Å²) in [6, 6.07) is 12.9. The van der Waals surface area contributed by atoms with Crippen LogP contribution in [-0.2, 0) is 9.47 Å². The number of nitriles is 1. The van der Waals surface area contributed by atoms with Gasteiger partial charge in [-0.1, -0.05) is 6.07 Å². The van der Waals surface area contributed by atoms with Gasteiger partial charge in [-0.15, -0.1) is 0 Å². The topological polar surface area (TPSA) is 140 Å². The van der Waals surface area contributed by atoms with E-state index in [0.29, 0.717) is 77.9 Å². The van der Waals surface area contributed by atoms with E-state index >= 15 is 0 Å². The summed E-state index contributed by atoms with van der Waals surface area (Å²) in [5, 5.41) is 9.91. The first-order valence-corrected chi connectivity index (χ1v) is 16.2. The first-order chi connectivity index (χ1) is 23.1. The fourth-order valence-electron chi connectivity index (χ4n) is 6.61. The molecule has 2 unspecified atom stereocenters. The third-order valence-electron chi connectivity index (χ3n) is 9.02. The minimum Gasteiger partial charge on any atom is -0.494 e. The summed E-state index contributed by atoms with van der Waals surface area (Å²) in [7, 11) is 1.52. The van der Waals surface area contributed by atoms with Gasteiger partial charge in [0.15, 0.2) is 11.3 Å². The molecule has 7 rings (SSSR count). The maximum Gasteiger partial charge on any atom is 0.410 e. The van der Waals surface area contributed by atoms with Crippen molar-refractivity contribution < 1.29 is 33.0 Å². The molecule has 3 saturated heterocycles. The van der Waals surface area contributed by atoms with Gasteiger partial charge < -0.3 is 33.2 Å². The molecule has 0 radical (unpaired) electrons. The summed E-state index contributed by atoms with van der Waals surface area (Å²) in [5.74, 6) is 1.17. The zero-order valence-electron chi connectivity index (χ0n) is 27.4. The van der Waals surface area contributed by atoms with Crippen molar-refractivity contribution in [3.8, 4) is 40.1 Å². The molecular weight excluding hydrogens is 614 g/mol. The van der Waals surface area contributed by atoms with Crippen LogP contribution in [0.1, 0.15) is 56.0 Å². The molecule has 3 aliphatic rings. The number of amides is 2. The molecule has 2 atom stereocenters. The van der Waals surface area contributed by atoms with Crippen molar-refractivity contribution in [1.82, 2.24) is 19.8 Å². The second-order valence-corrected chi connectivity index (χ2v) is 13.3. The Morgan fingerprint density at radius 1 is 1.00 bits per heavy atom. The highest BCUT2D eigenvalue weighted by Gasteiger charge is 2.51. The summed E-state index contributed by atoms with van der Waals surface area (Å²) in [5.41, 5.74) is 3.34. The highest BCUT2D eigenvalue weighted by Crippen LogP contribution is 2.39. The Hall–Kier alpha value is -5.15. The van der Waals surface area contributed by atoms with Crippen LogP contribution in [0.25, 0.3) is 33.7 Å². The molecule has 3 fully saturated rings. The highest BCUT2D eigenvalue weighted by molar-refractivity contribution is 5.97. The first-order valence-electron chi connectivity index (χ1n) is 16.2. The Labute approximate surface area is 278 Å². The van der Waals surface area contributed by atoms with Crippen LogP contribution in [0.2, 0.25) is 0 Å². The Morgan fingerprint density at radius 3 is 2.56 bits per heavy atom. The Kier molecular flexibility index (Phi) is 8.17. The quantitative estimate of drug-likeness (QED) is 0.250. The molecule has 248 valence electrons. The van der Waals surface area contributed by atoms with Crippen LogP contribution in [0.3, 0.4) is 0 Å². The number of benzene rings is 1. The molecule has 0 aliphatic carbocycles. The predicted octanol–water partition coefficient (Wildman–Crippen LogP) is 5.83. The van der Waals surface area contributed by atoms with Gasteiger partial charge in [-0.05, 0) is 57.0 Å². The number of likely N-dealkylation sites (tertiary alicyclic amines) is 2. The second-order valence-electron chi connectivity index (χ2n) is 13.3. The molecule has 4 aromatic rings. The van der Waals surface area contributed by atoms with E-state index in [9.17, 15) is 14.9 Å². The molecule has 12 nitrogen and oxygen atoms in total. The summed E-state index contributed by atoms with van der Waals surface area (Å²) in [4.78, 5) is 38.8. The number of furan rings is 1. The summed E-state index contributed by atoms with van der Waals surface area (Å²) < 4.78 is 29.1. The van der Waals surface area contributed by atoms with Crippen molar-refractivity contribution in [2.75, 3.05) is 33.4 Å². The molecule has 12 heteroatoms. The number of fused-ring (bicyclic) bond motifs is 2. The van der Waals surface area contributed by atoms with Crippen LogP contribution in [-0.4, -0.2) is 89.0 Å². The zero-order chi connectivity index (χ0) is 33.6. The smallest absolute Gasteiger partial charge is 0.410 e. The molecule has 48 heavy (non-hydrogen) atoms. The first kappa shape index (κ1) is 31.4. The predicted molar refractivity (Wildman–Crippen MR) is 175 cm³/mol. The maximum absolute atomic E-state index is 13.5. The standard InChI is InChI=1S/C36H37N5O7/c1-36(2,3)48-35(43)40-12-8-27-28(40)20-41(27)34(42)23-16-30(44-4)32(39-19-23)31-17-26-33(47-31)25(7-11-38-26)21-5-6-29(22(15-21)18-37)46-24-9-13-45-14-10-24/h5-7,11,15-17,19,24,27-28H,8-10,12-14,20H2,1-4H3. The van der Waals surface area contributed by atoms with Gasteiger partial charge in [-0.3, -0.25) is 9.78 Å². The lowest BCUT2D eigenvalue weighted by Crippen LogP contribution is -2.64. The summed E-state index contributed by atoms with van der Waals surface area (Å²) in [6.07, 6.45) is 5.14. The van der Waals surface area contributed by atoms with Gasteiger partial charge in [0, 0.05) is 50.0 Å². The van der Waals surface area contributed by atoms with Crippen molar-refractivity contribution in [2.45, 2.75) is 63.8 Å². The van der Waals surface area contributed by atoms with E-state index in [0.717, 1.165) is 24.0 Å². The Morgan fingerprint density at radius 2 is 1.81 bits per heavy atom. The van der Waals surface area contributed by atoms with Crippen LogP contribution in [0.4, 0.5) is 4.79 Å². The second kappa shape index (κ2) is 12.5. The number of pyridine rings is 2. The molecule has 3 aliphatic heterocycles. The van der Waals surface area contributed by atoms with Gasteiger partial charge in [0.25, 0.3) is 5.91 Å².